The van der Waals surface area contributed by atoms with Crippen molar-refractivity contribution in [1.29, 1.82) is 0 Å². The molecule has 110 valence electrons. The van der Waals surface area contributed by atoms with E-state index in [2.05, 4.69) is 18.2 Å². The summed E-state index contributed by atoms with van der Waals surface area (Å²) in [5.74, 6) is 1.57. The first-order chi connectivity index (χ1) is 10.2. The molecule has 2 aromatic rings. The number of ether oxygens (including phenoxy) is 2. The highest BCUT2D eigenvalue weighted by atomic mass is 16.5. The maximum atomic E-state index is 6.37. The molecule has 0 atom stereocenters. The number of hydrogen-bond acceptors (Lipinski definition) is 3. The van der Waals surface area contributed by atoms with E-state index in [9.17, 15) is 0 Å². The van der Waals surface area contributed by atoms with Gasteiger partial charge in [-0.2, -0.15) is 0 Å². The van der Waals surface area contributed by atoms with Crippen LogP contribution in [0, 0.1) is 0 Å². The average molecular weight is 283 g/mol. The second kappa shape index (κ2) is 5.78. The van der Waals surface area contributed by atoms with Crippen LogP contribution >= 0.6 is 0 Å². The van der Waals surface area contributed by atoms with Gasteiger partial charge in [-0.3, -0.25) is 0 Å². The second-order valence-electron chi connectivity index (χ2n) is 5.50. The highest BCUT2D eigenvalue weighted by Gasteiger charge is 2.43. The quantitative estimate of drug-likeness (QED) is 0.880. The van der Waals surface area contributed by atoms with Gasteiger partial charge in [0, 0.05) is 11.1 Å². The van der Waals surface area contributed by atoms with Crippen LogP contribution in [-0.4, -0.2) is 6.61 Å². The monoisotopic (exact) mass is 283 g/mol. The molecule has 2 aromatic carbocycles. The topological polar surface area (TPSA) is 44.5 Å². The van der Waals surface area contributed by atoms with E-state index in [0.29, 0.717) is 13.2 Å². The van der Waals surface area contributed by atoms with E-state index in [-0.39, 0.29) is 5.54 Å². The molecule has 3 nitrogen and oxygen atoms in total. The zero-order chi connectivity index (χ0) is 14.7. The van der Waals surface area contributed by atoms with Crippen molar-refractivity contribution < 1.29 is 9.47 Å². The molecular formula is C18H21NO2. The molecule has 3 heteroatoms. The first kappa shape index (κ1) is 14.0. The number of hydrogen-bond donors (Lipinski definition) is 1. The van der Waals surface area contributed by atoms with Crippen molar-refractivity contribution in [1.82, 2.24) is 0 Å². The van der Waals surface area contributed by atoms with E-state index >= 15 is 0 Å². The summed E-state index contributed by atoms with van der Waals surface area (Å²) in [5, 5.41) is 0. The van der Waals surface area contributed by atoms with E-state index in [0.717, 1.165) is 35.5 Å². The Morgan fingerprint density at radius 2 is 1.76 bits per heavy atom. The van der Waals surface area contributed by atoms with Crippen LogP contribution in [0.5, 0.6) is 11.5 Å². The lowest BCUT2D eigenvalue weighted by Gasteiger charge is -2.19. The Morgan fingerprint density at radius 3 is 2.43 bits per heavy atom. The average Bonchev–Trinajstić information content (AvgIpc) is 3.26. The maximum absolute atomic E-state index is 6.37. The van der Waals surface area contributed by atoms with Crippen molar-refractivity contribution in [3.05, 3.63) is 59.7 Å². The first-order valence-electron chi connectivity index (χ1n) is 7.45. The minimum atomic E-state index is -0.237. The predicted molar refractivity (Wildman–Crippen MR) is 83.5 cm³/mol. The molecule has 1 fully saturated rings. The van der Waals surface area contributed by atoms with Crippen LogP contribution < -0.4 is 15.2 Å². The summed E-state index contributed by atoms with van der Waals surface area (Å²) in [6.45, 7) is 3.11. The molecule has 0 aliphatic heterocycles. The molecule has 0 aromatic heterocycles. The van der Waals surface area contributed by atoms with Crippen LogP contribution in [-0.2, 0) is 12.1 Å². The minimum absolute atomic E-state index is 0.237. The maximum Gasteiger partial charge on any atom is 0.166 e. The molecule has 0 radical (unpaired) electrons. The van der Waals surface area contributed by atoms with E-state index in [4.69, 9.17) is 15.2 Å². The summed E-state index contributed by atoms with van der Waals surface area (Å²) in [4.78, 5) is 0. The number of nitrogens with two attached hydrogens (primary N) is 1. The Labute approximate surface area is 125 Å². The molecule has 0 saturated heterocycles. The van der Waals surface area contributed by atoms with Gasteiger partial charge < -0.3 is 15.2 Å². The van der Waals surface area contributed by atoms with Crippen LogP contribution in [0.15, 0.2) is 48.5 Å². The Balaban J connectivity index is 1.87. The van der Waals surface area contributed by atoms with Crippen molar-refractivity contribution in [2.75, 3.05) is 6.61 Å². The molecule has 0 spiro atoms. The van der Waals surface area contributed by atoms with Gasteiger partial charge in [0.2, 0.25) is 0 Å². The Kier molecular flexibility index (Phi) is 3.84. The SMILES string of the molecule is CCOc1cccc(C2(N)CC2)c1OCc1ccccc1. The van der Waals surface area contributed by atoms with Gasteiger partial charge in [0.15, 0.2) is 11.5 Å². The van der Waals surface area contributed by atoms with E-state index in [1.54, 1.807) is 0 Å². The van der Waals surface area contributed by atoms with Gasteiger partial charge in [0.25, 0.3) is 0 Å². The Hall–Kier alpha value is -2.00. The van der Waals surface area contributed by atoms with Crippen LogP contribution in [0.1, 0.15) is 30.9 Å². The van der Waals surface area contributed by atoms with Crippen molar-refractivity contribution >= 4 is 0 Å². The van der Waals surface area contributed by atoms with Crippen molar-refractivity contribution in [3.63, 3.8) is 0 Å². The fourth-order valence-corrected chi connectivity index (χ4v) is 2.46. The fraction of sp³-hybridized carbons (Fsp3) is 0.333. The number of para-hydroxylation sites is 1. The summed E-state index contributed by atoms with van der Waals surface area (Å²) in [7, 11) is 0. The standard InChI is InChI=1S/C18H21NO2/c1-2-20-16-10-6-9-15(18(19)11-12-18)17(16)21-13-14-7-4-3-5-8-14/h3-10H,2,11-13,19H2,1H3. The smallest absolute Gasteiger partial charge is 0.166 e. The second-order valence-corrected chi connectivity index (χ2v) is 5.50. The normalized spacial score (nSPS) is 15.5. The minimum Gasteiger partial charge on any atom is -0.490 e. The van der Waals surface area contributed by atoms with Gasteiger partial charge in [0.05, 0.1) is 6.61 Å². The zero-order valence-corrected chi connectivity index (χ0v) is 12.3. The molecule has 0 heterocycles. The van der Waals surface area contributed by atoms with Crippen molar-refractivity contribution in [2.24, 2.45) is 5.73 Å². The molecule has 3 rings (SSSR count). The molecule has 0 unspecified atom stereocenters. The molecule has 0 bridgehead atoms. The summed E-state index contributed by atoms with van der Waals surface area (Å²) < 4.78 is 11.8. The summed E-state index contributed by atoms with van der Waals surface area (Å²) in [6, 6.07) is 16.1. The zero-order valence-electron chi connectivity index (χ0n) is 12.3. The molecule has 2 N–H and O–H groups in total. The predicted octanol–water partition coefficient (Wildman–Crippen LogP) is 3.61. The van der Waals surface area contributed by atoms with Gasteiger partial charge in [-0.25, -0.2) is 0 Å². The van der Waals surface area contributed by atoms with Crippen molar-refractivity contribution in [2.45, 2.75) is 31.9 Å². The lowest BCUT2D eigenvalue weighted by molar-refractivity contribution is 0.264. The van der Waals surface area contributed by atoms with Gasteiger partial charge >= 0.3 is 0 Å². The molecule has 1 aliphatic rings. The lowest BCUT2D eigenvalue weighted by atomic mass is 10.0. The largest absolute Gasteiger partial charge is 0.490 e. The summed E-state index contributed by atoms with van der Waals surface area (Å²) in [5.41, 5.74) is 8.33. The van der Waals surface area contributed by atoms with Crippen LogP contribution in [0.3, 0.4) is 0 Å². The van der Waals surface area contributed by atoms with Gasteiger partial charge in [-0.05, 0) is 31.4 Å². The summed E-state index contributed by atoms with van der Waals surface area (Å²) >= 11 is 0. The van der Waals surface area contributed by atoms with Crippen LogP contribution in [0.4, 0.5) is 0 Å². The summed E-state index contributed by atoms with van der Waals surface area (Å²) in [6.07, 6.45) is 2.01. The van der Waals surface area contributed by atoms with Gasteiger partial charge in [-0.15, -0.1) is 0 Å². The van der Waals surface area contributed by atoms with Crippen LogP contribution in [0.25, 0.3) is 0 Å². The molecule has 21 heavy (non-hydrogen) atoms. The fourth-order valence-electron chi connectivity index (χ4n) is 2.46. The first-order valence-corrected chi connectivity index (χ1v) is 7.45. The molecule has 0 amide bonds. The number of benzene rings is 2. The Morgan fingerprint density at radius 1 is 1.00 bits per heavy atom. The lowest BCUT2D eigenvalue weighted by Crippen LogP contribution is -2.20. The van der Waals surface area contributed by atoms with E-state index in [1.165, 1.54) is 0 Å². The highest BCUT2D eigenvalue weighted by molar-refractivity contribution is 5.51. The third kappa shape index (κ3) is 3.03. The molecule has 1 saturated carbocycles. The highest BCUT2D eigenvalue weighted by Crippen LogP contribution is 2.49. The van der Waals surface area contributed by atoms with Crippen LogP contribution in [0.2, 0.25) is 0 Å². The van der Waals surface area contributed by atoms with Crippen molar-refractivity contribution in [3.8, 4) is 11.5 Å². The molecule has 1 aliphatic carbocycles. The Bertz CT molecular complexity index is 606. The van der Waals surface area contributed by atoms with Gasteiger partial charge in [-0.1, -0.05) is 42.5 Å². The van der Waals surface area contributed by atoms with E-state index < -0.39 is 0 Å². The third-order valence-electron chi connectivity index (χ3n) is 3.83. The van der Waals surface area contributed by atoms with E-state index in [1.807, 2.05) is 37.3 Å². The number of rotatable bonds is 6. The van der Waals surface area contributed by atoms with Gasteiger partial charge in [0.1, 0.15) is 6.61 Å². The molecular weight excluding hydrogens is 262 g/mol. The third-order valence-corrected chi connectivity index (χ3v) is 3.83.